The molecule has 0 aromatic heterocycles. The van der Waals surface area contributed by atoms with E-state index in [1.807, 2.05) is 0 Å². The van der Waals surface area contributed by atoms with Crippen LogP contribution in [0.5, 0.6) is 0 Å². The number of carboxylic acids is 1. The highest BCUT2D eigenvalue weighted by Gasteiger charge is 2.28. The van der Waals surface area contributed by atoms with Gasteiger partial charge in [-0.25, -0.2) is 17.7 Å². The molecule has 4 nitrogen and oxygen atoms in total. The summed E-state index contributed by atoms with van der Waals surface area (Å²) in [6, 6.07) is 1.12. The molecule has 0 heterocycles. The molecule has 0 radical (unpaired) electrons. The van der Waals surface area contributed by atoms with Crippen LogP contribution in [0.1, 0.15) is 38.8 Å². The van der Waals surface area contributed by atoms with Gasteiger partial charge in [0.05, 0.1) is 28.2 Å². The zero-order valence-electron chi connectivity index (χ0n) is 11.7. The molecule has 0 fully saturated rings. The van der Waals surface area contributed by atoms with E-state index in [9.17, 15) is 17.8 Å². The van der Waals surface area contributed by atoms with Crippen molar-refractivity contribution >= 4 is 32.9 Å². The Hall–Kier alpha value is -0.860. The second-order valence-corrected chi connectivity index (χ2v) is 8.35. The van der Waals surface area contributed by atoms with Crippen LogP contribution >= 0.6 is 15.9 Å². The lowest BCUT2D eigenvalue weighted by Crippen LogP contribution is -2.37. The molecule has 0 aliphatic rings. The Bertz CT molecular complexity index is 575. The van der Waals surface area contributed by atoms with Crippen molar-refractivity contribution < 1.29 is 22.9 Å². The van der Waals surface area contributed by atoms with Gasteiger partial charge in [-0.1, -0.05) is 15.9 Å². The molecular weight excluding hydrogens is 368 g/mol. The topological polar surface area (TPSA) is 66.4 Å². The molecule has 1 unspecified atom stereocenters. The highest BCUT2D eigenvalue weighted by Crippen LogP contribution is 2.27. The highest BCUT2D eigenvalue weighted by molar-refractivity contribution is 9.10. The molecule has 0 amide bonds. The van der Waals surface area contributed by atoms with Crippen LogP contribution in [0.4, 0.5) is 8.78 Å². The molecule has 0 bridgehead atoms. The van der Waals surface area contributed by atoms with Crippen molar-refractivity contribution in [3.63, 3.8) is 0 Å². The molecule has 8 heteroatoms. The lowest BCUT2D eigenvalue weighted by Gasteiger charge is -2.24. The standard InChI is InChI=1S/C13H16BrF2NO3S/c1-13(2,3)21(20)17-10(6-11(18)19)8-4-7(14)5-9(15)12(8)16/h4-5,10,17H,6H2,1-3H3,(H,18,19)/t10-,21?/m0/s1. The number of hydrogen-bond donors (Lipinski definition) is 2. The van der Waals surface area contributed by atoms with Gasteiger partial charge in [0.15, 0.2) is 11.6 Å². The second-order valence-electron chi connectivity index (χ2n) is 5.44. The molecule has 0 aliphatic carbocycles. The number of carboxylic acid groups (broad SMARTS) is 1. The molecule has 21 heavy (non-hydrogen) atoms. The predicted molar refractivity (Wildman–Crippen MR) is 80.1 cm³/mol. The maximum absolute atomic E-state index is 13.9. The lowest BCUT2D eigenvalue weighted by molar-refractivity contribution is -0.137. The minimum Gasteiger partial charge on any atom is -0.481 e. The van der Waals surface area contributed by atoms with Crippen LogP contribution in [0.2, 0.25) is 0 Å². The van der Waals surface area contributed by atoms with Gasteiger partial charge in [-0.2, -0.15) is 0 Å². The molecule has 2 N–H and O–H groups in total. The minimum atomic E-state index is -1.62. The third kappa shape index (κ3) is 5.12. The van der Waals surface area contributed by atoms with Crippen LogP contribution in [-0.4, -0.2) is 20.0 Å². The summed E-state index contributed by atoms with van der Waals surface area (Å²) in [4.78, 5) is 10.9. The van der Waals surface area contributed by atoms with Crippen molar-refractivity contribution in [2.45, 2.75) is 38.0 Å². The van der Waals surface area contributed by atoms with Crippen molar-refractivity contribution in [2.75, 3.05) is 0 Å². The summed E-state index contributed by atoms with van der Waals surface area (Å²) in [6.45, 7) is 5.06. The Labute approximate surface area is 132 Å². The SMILES string of the molecule is CC(C)(C)S(=O)N[C@@H](CC(=O)O)c1cc(Br)cc(F)c1F. The number of hydrogen-bond acceptors (Lipinski definition) is 2. The van der Waals surface area contributed by atoms with Crippen molar-refractivity contribution in [3.8, 4) is 0 Å². The zero-order chi connectivity index (χ0) is 16.4. The van der Waals surface area contributed by atoms with E-state index in [1.54, 1.807) is 20.8 Å². The number of aliphatic carboxylic acids is 1. The van der Waals surface area contributed by atoms with Gasteiger partial charge in [0, 0.05) is 10.0 Å². The van der Waals surface area contributed by atoms with E-state index < -0.39 is 45.8 Å². The van der Waals surface area contributed by atoms with Gasteiger partial charge in [-0.15, -0.1) is 0 Å². The summed E-state index contributed by atoms with van der Waals surface area (Å²) in [6.07, 6.45) is -0.519. The summed E-state index contributed by atoms with van der Waals surface area (Å²) < 4.78 is 41.6. The summed E-state index contributed by atoms with van der Waals surface area (Å²) in [7, 11) is -1.62. The van der Waals surface area contributed by atoms with Crippen LogP contribution in [0, 0.1) is 11.6 Å². The Morgan fingerprint density at radius 2 is 2.00 bits per heavy atom. The van der Waals surface area contributed by atoms with Crippen LogP contribution in [0.25, 0.3) is 0 Å². The molecule has 1 aromatic rings. The molecule has 0 saturated heterocycles. The lowest BCUT2D eigenvalue weighted by atomic mass is 10.0. The average molecular weight is 384 g/mol. The van der Waals surface area contributed by atoms with Gasteiger partial charge in [-0.3, -0.25) is 4.79 Å². The van der Waals surface area contributed by atoms with Gasteiger partial charge >= 0.3 is 5.97 Å². The largest absolute Gasteiger partial charge is 0.481 e. The number of benzene rings is 1. The number of halogens is 3. The smallest absolute Gasteiger partial charge is 0.305 e. The third-order valence-corrected chi connectivity index (χ3v) is 4.65. The van der Waals surface area contributed by atoms with Crippen LogP contribution in [0.15, 0.2) is 16.6 Å². The van der Waals surface area contributed by atoms with Crippen molar-refractivity contribution in [2.24, 2.45) is 0 Å². The first-order valence-electron chi connectivity index (χ1n) is 6.06. The number of carbonyl (C=O) groups is 1. The third-order valence-electron chi connectivity index (χ3n) is 2.58. The van der Waals surface area contributed by atoms with E-state index in [1.165, 1.54) is 6.07 Å². The molecule has 2 atom stereocenters. The molecule has 1 rings (SSSR count). The summed E-state index contributed by atoms with van der Waals surface area (Å²) in [5.74, 6) is -3.46. The van der Waals surface area contributed by atoms with Gasteiger partial charge in [0.25, 0.3) is 0 Å². The van der Waals surface area contributed by atoms with Crippen LogP contribution in [-0.2, 0) is 15.8 Å². The Morgan fingerprint density at radius 1 is 1.43 bits per heavy atom. The monoisotopic (exact) mass is 383 g/mol. The van der Waals surface area contributed by atoms with Gasteiger partial charge < -0.3 is 5.11 Å². The van der Waals surface area contributed by atoms with E-state index in [0.29, 0.717) is 0 Å². The number of rotatable bonds is 5. The molecule has 0 spiro atoms. The normalized spacial score (nSPS) is 14.8. The van der Waals surface area contributed by atoms with Crippen molar-refractivity contribution in [1.82, 2.24) is 4.72 Å². The summed E-state index contributed by atoms with van der Waals surface area (Å²) >= 11 is 3.03. The highest BCUT2D eigenvalue weighted by atomic mass is 79.9. The molecule has 118 valence electrons. The minimum absolute atomic E-state index is 0.179. The zero-order valence-corrected chi connectivity index (χ0v) is 14.1. The predicted octanol–water partition coefficient (Wildman–Crippen LogP) is 3.29. The Morgan fingerprint density at radius 3 is 2.48 bits per heavy atom. The maximum Gasteiger partial charge on any atom is 0.305 e. The first-order chi connectivity index (χ1) is 9.52. The van der Waals surface area contributed by atoms with E-state index >= 15 is 0 Å². The van der Waals surface area contributed by atoms with Gasteiger partial charge in [-0.05, 0) is 32.9 Å². The van der Waals surface area contributed by atoms with E-state index in [0.717, 1.165) is 6.07 Å². The van der Waals surface area contributed by atoms with Crippen LogP contribution < -0.4 is 4.72 Å². The van der Waals surface area contributed by atoms with Crippen molar-refractivity contribution in [1.29, 1.82) is 0 Å². The van der Waals surface area contributed by atoms with E-state index in [-0.39, 0.29) is 10.0 Å². The average Bonchev–Trinajstić information content (AvgIpc) is 2.31. The quantitative estimate of drug-likeness (QED) is 0.766. The second kappa shape index (κ2) is 6.93. The van der Waals surface area contributed by atoms with E-state index in [2.05, 4.69) is 20.7 Å². The fourth-order valence-electron chi connectivity index (χ4n) is 1.53. The van der Waals surface area contributed by atoms with E-state index in [4.69, 9.17) is 5.11 Å². The summed E-state index contributed by atoms with van der Waals surface area (Å²) in [5.41, 5.74) is -0.179. The number of nitrogens with one attached hydrogen (secondary N) is 1. The fourth-order valence-corrected chi connectivity index (χ4v) is 2.80. The maximum atomic E-state index is 13.9. The Kier molecular flexibility index (Phi) is 6.01. The molecular formula is C13H16BrF2NO3S. The first-order valence-corrected chi connectivity index (χ1v) is 8.01. The first kappa shape index (κ1) is 18.2. The van der Waals surface area contributed by atoms with Gasteiger partial charge in [0.1, 0.15) is 0 Å². The summed E-state index contributed by atoms with van der Waals surface area (Å²) in [5, 5.41) is 8.92. The molecule has 0 aliphatic heterocycles. The van der Waals surface area contributed by atoms with Gasteiger partial charge in [0.2, 0.25) is 0 Å². The Balaban J connectivity index is 3.20. The van der Waals surface area contributed by atoms with Crippen LogP contribution in [0.3, 0.4) is 0 Å². The van der Waals surface area contributed by atoms with Crippen molar-refractivity contribution in [3.05, 3.63) is 33.8 Å². The molecule has 1 aromatic carbocycles. The molecule has 0 saturated carbocycles. The fraction of sp³-hybridized carbons (Fsp3) is 0.462.